The lowest BCUT2D eigenvalue weighted by Crippen LogP contribution is -2.10. The fourth-order valence-electron chi connectivity index (χ4n) is 1.19. The van der Waals surface area contributed by atoms with E-state index in [2.05, 4.69) is 10.5 Å². The molecule has 0 heterocycles. The highest BCUT2D eigenvalue weighted by atomic mass is 35.5. The summed E-state index contributed by atoms with van der Waals surface area (Å²) in [7, 11) is 0. The third kappa shape index (κ3) is 4.72. The molecule has 0 unspecified atom stereocenters. The van der Waals surface area contributed by atoms with Crippen LogP contribution in [0.3, 0.4) is 0 Å². The summed E-state index contributed by atoms with van der Waals surface area (Å²) in [5, 5.41) is 0.861. The zero-order valence-electron chi connectivity index (χ0n) is 10.5. The first-order valence-electron chi connectivity index (χ1n) is 5.60. The fourth-order valence-corrected chi connectivity index (χ4v) is 1.76. The highest BCUT2D eigenvalue weighted by Crippen LogP contribution is 2.37. The average Bonchev–Trinajstić information content (AvgIpc) is 2.29. The van der Waals surface area contributed by atoms with Crippen LogP contribution in [0.25, 0.3) is 0 Å². The van der Waals surface area contributed by atoms with E-state index in [0.29, 0.717) is 28.1 Å². The van der Waals surface area contributed by atoms with Crippen LogP contribution in [-0.2, 0) is 4.84 Å². The van der Waals surface area contributed by atoms with E-state index >= 15 is 0 Å². The monoisotopic (exact) mass is 290 g/mol. The predicted molar refractivity (Wildman–Crippen MR) is 75.1 cm³/mol. The van der Waals surface area contributed by atoms with Crippen LogP contribution in [0.15, 0.2) is 17.1 Å². The van der Waals surface area contributed by atoms with Gasteiger partial charge < -0.3 is 4.74 Å². The average molecular weight is 291 g/mol. The Morgan fingerprint density at radius 1 is 1.33 bits per heavy atom. The summed E-state index contributed by atoms with van der Waals surface area (Å²) in [5.74, 6) is 0.477. The van der Waals surface area contributed by atoms with Crippen molar-refractivity contribution in [2.75, 3.05) is 6.61 Å². The third-order valence-corrected chi connectivity index (χ3v) is 2.39. The molecule has 18 heavy (non-hydrogen) atoms. The number of rotatable bonds is 6. The maximum absolute atomic E-state index is 6.08. The molecule has 100 valence electrons. The highest BCUT2D eigenvalue weighted by molar-refractivity contribution is 6.37. The number of hydrogen-bond acceptors (Lipinski definition) is 3. The van der Waals surface area contributed by atoms with E-state index in [4.69, 9.17) is 32.8 Å². The Bertz CT molecular complexity index is 400. The summed E-state index contributed by atoms with van der Waals surface area (Å²) in [6, 6.07) is 3.35. The predicted octanol–water partition coefficient (Wildman–Crippen LogP) is 3.98. The van der Waals surface area contributed by atoms with Gasteiger partial charge in [0.15, 0.2) is 5.75 Å². The molecule has 0 aliphatic rings. The Balaban J connectivity index is 2.82. The van der Waals surface area contributed by atoms with Gasteiger partial charge in [-0.3, -0.25) is 10.3 Å². The van der Waals surface area contributed by atoms with Gasteiger partial charge in [0.05, 0.1) is 28.4 Å². The minimum Gasteiger partial charge on any atom is -0.488 e. The van der Waals surface area contributed by atoms with Crippen LogP contribution in [0.2, 0.25) is 10.0 Å². The van der Waals surface area contributed by atoms with Crippen molar-refractivity contribution in [1.29, 1.82) is 0 Å². The topological polar surface area (TPSA) is 42.8 Å². The van der Waals surface area contributed by atoms with Gasteiger partial charge in [-0.1, -0.05) is 23.2 Å². The number of hydrogen-bond donors (Lipinski definition) is 1. The molecule has 0 atom stereocenters. The summed E-state index contributed by atoms with van der Waals surface area (Å²) in [4.78, 5) is 9.00. The molecule has 1 N–H and O–H groups in total. The van der Waals surface area contributed by atoms with Crippen LogP contribution < -0.4 is 10.2 Å². The van der Waals surface area contributed by atoms with Crippen LogP contribution >= 0.6 is 23.2 Å². The number of nitrogens with one attached hydrogen (secondary N) is 1. The molecule has 0 fully saturated rings. The van der Waals surface area contributed by atoms with Crippen molar-refractivity contribution in [3.8, 4) is 5.75 Å². The second kappa shape index (κ2) is 7.46. The first-order valence-corrected chi connectivity index (χ1v) is 6.35. The van der Waals surface area contributed by atoms with Crippen LogP contribution in [0.5, 0.6) is 5.75 Å². The van der Waals surface area contributed by atoms with Gasteiger partial charge in [0.1, 0.15) is 6.34 Å². The quantitative estimate of drug-likeness (QED) is 0.373. The number of halogens is 2. The SMILES string of the molecule is CCONC=Nc1cc(Cl)c(OC(C)C)c(Cl)c1. The van der Waals surface area contributed by atoms with E-state index < -0.39 is 0 Å². The molecule has 0 radical (unpaired) electrons. The Kier molecular flexibility index (Phi) is 6.25. The Hall–Kier alpha value is -0.970. The van der Waals surface area contributed by atoms with Gasteiger partial charge in [0.2, 0.25) is 0 Å². The molecule has 0 aromatic heterocycles. The summed E-state index contributed by atoms with van der Waals surface area (Å²) in [6.45, 7) is 6.23. The van der Waals surface area contributed by atoms with E-state index in [1.807, 2.05) is 20.8 Å². The van der Waals surface area contributed by atoms with Gasteiger partial charge in [-0.2, -0.15) is 0 Å². The minimum absolute atomic E-state index is 0.00831. The van der Waals surface area contributed by atoms with Crippen LogP contribution in [0.1, 0.15) is 20.8 Å². The first-order chi connectivity index (χ1) is 8.54. The Labute approximate surface area is 117 Å². The summed E-state index contributed by atoms with van der Waals surface area (Å²) < 4.78 is 5.52. The Morgan fingerprint density at radius 2 is 1.94 bits per heavy atom. The standard InChI is InChI=1S/C12H16Cl2N2O2/c1-4-17-16-7-15-9-5-10(13)12(11(14)6-9)18-8(2)3/h5-8H,4H2,1-3H3,(H,15,16). The molecule has 0 saturated heterocycles. The zero-order valence-corrected chi connectivity index (χ0v) is 12.0. The van der Waals surface area contributed by atoms with Crippen molar-refractivity contribution >= 4 is 35.2 Å². The molecule has 0 aliphatic heterocycles. The molecule has 0 amide bonds. The second-order valence-corrected chi connectivity index (χ2v) is 4.53. The molecular formula is C12H16Cl2N2O2. The van der Waals surface area contributed by atoms with Gasteiger partial charge in [0.25, 0.3) is 0 Å². The highest BCUT2D eigenvalue weighted by Gasteiger charge is 2.10. The summed E-state index contributed by atoms with van der Waals surface area (Å²) in [6.07, 6.45) is 1.43. The van der Waals surface area contributed by atoms with E-state index in [1.54, 1.807) is 12.1 Å². The molecule has 4 nitrogen and oxygen atoms in total. The summed E-state index contributed by atoms with van der Waals surface area (Å²) in [5.41, 5.74) is 3.18. The number of aliphatic imine (C=N–C) groups is 1. The van der Waals surface area contributed by atoms with Crippen molar-refractivity contribution in [2.45, 2.75) is 26.9 Å². The van der Waals surface area contributed by atoms with Gasteiger partial charge >= 0.3 is 0 Å². The lowest BCUT2D eigenvalue weighted by Gasteiger charge is -2.13. The molecule has 0 bridgehead atoms. The fraction of sp³-hybridized carbons (Fsp3) is 0.417. The van der Waals surface area contributed by atoms with Gasteiger partial charge in [-0.25, -0.2) is 4.99 Å². The Morgan fingerprint density at radius 3 is 2.44 bits per heavy atom. The zero-order chi connectivity index (χ0) is 13.5. The van der Waals surface area contributed by atoms with E-state index in [1.165, 1.54) is 6.34 Å². The van der Waals surface area contributed by atoms with Crippen molar-refractivity contribution in [1.82, 2.24) is 5.48 Å². The van der Waals surface area contributed by atoms with Crippen molar-refractivity contribution in [2.24, 2.45) is 4.99 Å². The number of nitrogens with zero attached hydrogens (tertiary/aromatic N) is 1. The first kappa shape index (κ1) is 15.1. The van der Waals surface area contributed by atoms with E-state index in [9.17, 15) is 0 Å². The normalized spacial score (nSPS) is 11.2. The maximum atomic E-state index is 6.08. The molecule has 1 aromatic rings. The van der Waals surface area contributed by atoms with E-state index in [-0.39, 0.29) is 6.10 Å². The molecule has 0 saturated carbocycles. The minimum atomic E-state index is 0.00831. The lowest BCUT2D eigenvalue weighted by atomic mass is 10.3. The molecule has 0 spiro atoms. The molecular weight excluding hydrogens is 275 g/mol. The molecule has 1 aromatic carbocycles. The number of hydroxylamine groups is 1. The lowest BCUT2D eigenvalue weighted by molar-refractivity contribution is 0.100. The van der Waals surface area contributed by atoms with Crippen molar-refractivity contribution in [3.05, 3.63) is 22.2 Å². The molecule has 1 rings (SSSR count). The van der Waals surface area contributed by atoms with Gasteiger partial charge in [-0.15, -0.1) is 0 Å². The molecule has 0 aliphatic carbocycles. The van der Waals surface area contributed by atoms with Crippen LogP contribution in [0.4, 0.5) is 5.69 Å². The van der Waals surface area contributed by atoms with E-state index in [0.717, 1.165) is 0 Å². The third-order valence-electron chi connectivity index (χ3n) is 1.83. The summed E-state index contributed by atoms with van der Waals surface area (Å²) >= 11 is 12.2. The smallest absolute Gasteiger partial charge is 0.157 e. The van der Waals surface area contributed by atoms with Crippen molar-refractivity contribution < 1.29 is 9.57 Å². The maximum Gasteiger partial charge on any atom is 0.157 e. The largest absolute Gasteiger partial charge is 0.488 e. The van der Waals surface area contributed by atoms with Gasteiger partial charge in [0, 0.05) is 0 Å². The van der Waals surface area contributed by atoms with Crippen LogP contribution in [0, 0.1) is 0 Å². The van der Waals surface area contributed by atoms with Crippen LogP contribution in [-0.4, -0.2) is 19.0 Å². The van der Waals surface area contributed by atoms with Crippen molar-refractivity contribution in [3.63, 3.8) is 0 Å². The number of ether oxygens (including phenoxy) is 1. The number of benzene rings is 1. The van der Waals surface area contributed by atoms with Gasteiger partial charge in [-0.05, 0) is 32.9 Å². The second-order valence-electron chi connectivity index (χ2n) is 3.71. The molecule has 6 heteroatoms.